The number of carbonyl (C=O) groups is 1. The van der Waals surface area contributed by atoms with E-state index in [2.05, 4.69) is 9.64 Å². The van der Waals surface area contributed by atoms with E-state index in [0.29, 0.717) is 37.5 Å². The molecule has 4 rings (SSSR count). The van der Waals surface area contributed by atoms with Crippen molar-refractivity contribution in [1.82, 2.24) is 9.80 Å². The molecule has 38 heavy (non-hydrogen) atoms. The van der Waals surface area contributed by atoms with Crippen LogP contribution >= 0.6 is 11.6 Å². The van der Waals surface area contributed by atoms with Gasteiger partial charge < -0.3 is 14.5 Å². The number of piperidine rings is 1. The Morgan fingerprint density at radius 1 is 0.974 bits per heavy atom. The highest BCUT2D eigenvalue weighted by atomic mass is 35.5. The highest BCUT2D eigenvalue weighted by molar-refractivity contribution is 7.91. The lowest BCUT2D eigenvalue weighted by Crippen LogP contribution is -2.54. The van der Waals surface area contributed by atoms with Gasteiger partial charge in [0.2, 0.25) is 0 Å². The third kappa shape index (κ3) is 6.44. The zero-order chi connectivity index (χ0) is 27.9. The molecule has 0 radical (unpaired) electrons. The topological polar surface area (TPSA) is 70.2 Å². The van der Waals surface area contributed by atoms with Gasteiger partial charge in [0.25, 0.3) is 6.10 Å². The van der Waals surface area contributed by atoms with Crippen LogP contribution in [0.4, 0.5) is 36.8 Å². The van der Waals surface area contributed by atoms with Gasteiger partial charge in [-0.2, -0.15) is 26.3 Å². The van der Waals surface area contributed by atoms with Gasteiger partial charge in [-0.3, -0.25) is 4.90 Å². The van der Waals surface area contributed by atoms with Crippen LogP contribution in [0.2, 0.25) is 5.02 Å². The number of halogens is 7. The van der Waals surface area contributed by atoms with Crippen LogP contribution < -0.4 is 4.90 Å². The Labute approximate surface area is 221 Å². The van der Waals surface area contributed by atoms with Crippen molar-refractivity contribution in [1.29, 1.82) is 0 Å². The second-order valence-corrected chi connectivity index (χ2v) is 12.7. The van der Waals surface area contributed by atoms with E-state index < -0.39 is 34.4 Å². The van der Waals surface area contributed by atoms with E-state index in [4.69, 9.17) is 11.6 Å². The molecule has 0 atom stereocenters. The number of hydrogen-bond acceptors (Lipinski definition) is 6. The first-order valence-corrected chi connectivity index (χ1v) is 14.4. The predicted octanol–water partition coefficient (Wildman–Crippen LogP) is 4.64. The number of alkyl halides is 6. The fourth-order valence-corrected chi connectivity index (χ4v) is 6.90. The van der Waals surface area contributed by atoms with Crippen molar-refractivity contribution in [3.05, 3.63) is 28.8 Å². The van der Waals surface area contributed by atoms with E-state index in [1.54, 1.807) is 12.1 Å². The van der Waals surface area contributed by atoms with Crippen molar-refractivity contribution in [2.75, 3.05) is 49.1 Å². The second kappa shape index (κ2) is 10.6. The molecule has 3 heterocycles. The molecule has 0 N–H and O–H groups in total. The van der Waals surface area contributed by atoms with Crippen LogP contribution in [0.1, 0.15) is 31.2 Å². The van der Waals surface area contributed by atoms with E-state index in [1.165, 1.54) is 0 Å². The van der Waals surface area contributed by atoms with Gasteiger partial charge in [0.1, 0.15) is 0 Å². The fourth-order valence-electron chi connectivity index (χ4n) is 5.53. The highest BCUT2D eigenvalue weighted by Gasteiger charge is 2.60. The SMILES string of the molecule is O=C(OC(C(F)(F)F)C(F)(F)F)N1CCC2(CCCN2Cc2ccc(Cl)cc2N2CCS(=O)(=O)CC2)CC1. The summed E-state index contributed by atoms with van der Waals surface area (Å²) in [6, 6.07) is 5.43. The molecule has 214 valence electrons. The summed E-state index contributed by atoms with van der Waals surface area (Å²) >= 11 is 6.24. The van der Waals surface area contributed by atoms with E-state index in [1.807, 2.05) is 11.0 Å². The van der Waals surface area contributed by atoms with Crippen molar-refractivity contribution < 1.29 is 44.3 Å². The second-order valence-electron chi connectivity index (χ2n) is 10.00. The van der Waals surface area contributed by atoms with Crippen LogP contribution in [0.15, 0.2) is 18.2 Å². The molecule has 0 saturated carbocycles. The van der Waals surface area contributed by atoms with E-state index in [9.17, 15) is 39.6 Å². The monoisotopic (exact) mass is 591 g/mol. The standard InChI is InChI=1S/C23H28ClF6N3O4S/c24-17-3-2-16(18(14-17)31-10-12-38(35,36)13-11-31)15-33-7-1-4-21(33)5-8-32(9-6-21)20(34)37-19(22(25,26)27)23(28,29)30/h2-3,14,19H,1,4-13,15H2. The van der Waals surface area contributed by atoms with Crippen molar-refractivity contribution in [2.24, 2.45) is 0 Å². The minimum Gasteiger partial charge on any atom is -0.426 e. The molecular weight excluding hydrogens is 564 g/mol. The number of anilines is 1. The van der Waals surface area contributed by atoms with Crippen LogP contribution in [0, 0.1) is 0 Å². The molecule has 3 fully saturated rings. The Morgan fingerprint density at radius 3 is 2.16 bits per heavy atom. The number of ether oxygens (including phenoxy) is 1. The Balaban J connectivity index is 1.43. The van der Waals surface area contributed by atoms with Gasteiger partial charge in [0.15, 0.2) is 9.84 Å². The normalized spacial score (nSPS) is 22.3. The molecule has 0 bridgehead atoms. The molecule has 1 aromatic carbocycles. The first-order chi connectivity index (χ1) is 17.6. The molecule has 1 spiro atoms. The summed E-state index contributed by atoms with van der Waals surface area (Å²) in [5.74, 6) is 0.0874. The summed E-state index contributed by atoms with van der Waals surface area (Å²) in [4.78, 5) is 17.3. The number of benzene rings is 1. The largest absolute Gasteiger partial charge is 0.434 e. The maximum absolute atomic E-state index is 12.8. The van der Waals surface area contributed by atoms with E-state index >= 15 is 0 Å². The first kappa shape index (κ1) is 29.1. The molecular formula is C23H28ClF6N3O4S. The summed E-state index contributed by atoms with van der Waals surface area (Å²) in [6.07, 6.45) is -15.0. The Hall–Kier alpha value is -1.93. The fraction of sp³-hybridized carbons (Fsp3) is 0.696. The average Bonchev–Trinajstić information content (AvgIpc) is 3.19. The number of likely N-dealkylation sites (tertiary alicyclic amines) is 2. The molecule has 1 amide bonds. The third-order valence-electron chi connectivity index (χ3n) is 7.60. The van der Waals surface area contributed by atoms with Crippen molar-refractivity contribution in [3.8, 4) is 0 Å². The van der Waals surface area contributed by atoms with E-state index in [0.717, 1.165) is 35.5 Å². The highest BCUT2D eigenvalue weighted by Crippen LogP contribution is 2.41. The van der Waals surface area contributed by atoms with Crippen LogP contribution in [-0.4, -0.2) is 92.5 Å². The van der Waals surface area contributed by atoms with Crippen LogP contribution in [0.25, 0.3) is 0 Å². The molecule has 15 heteroatoms. The lowest BCUT2D eigenvalue weighted by molar-refractivity contribution is -0.308. The number of nitrogens with zero attached hydrogens (tertiary/aromatic N) is 3. The number of rotatable bonds is 4. The summed E-state index contributed by atoms with van der Waals surface area (Å²) in [7, 11) is -3.08. The van der Waals surface area contributed by atoms with Crippen molar-refractivity contribution in [3.63, 3.8) is 0 Å². The van der Waals surface area contributed by atoms with Crippen molar-refractivity contribution in [2.45, 2.75) is 56.2 Å². The zero-order valence-corrected chi connectivity index (χ0v) is 21.9. The maximum atomic E-state index is 12.8. The van der Waals surface area contributed by atoms with Gasteiger partial charge in [0, 0.05) is 49.0 Å². The summed E-state index contributed by atoms with van der Waals surface area (Å²) in [6.45, 7) is 1.85. The predicted molar refractivity (Wildman–Crippen MR) is 128 cm³/mol. The van der Waals surface area contributed by atoms with Crippen LogP contribution in [0.3, 0.4) is 0 Å². The quantitative estimate of drug-likeness (QED) is 0.476. The number of sulfone groups is 1. The van der Waals surface area contributed by atoms with Crippen LogP contribution in [0.5, 0.6) is 0 Å². The molecule has 0 aliphatic carbocycles. The minimum atomic E-state index is -5.76. The summed E-state index contributed by atoms with van der Waals surface area (Å²) in [5.41, 5.74) is 1.41. The van der Waals surface area contributed by atoms with Gasteiger partial charge in [-0.1, -0.05) is 17.7 Å². The van der Waals surface area contributed by atoms with E-state index in [-0.39, 0.29) is 30.1 Å². The third-order valence-corrected chi connectivity index (χ3v) is 9.44. The average molecular weight is 592 g/mol. The molecule has 3 saturated heterocycles. The molecule has 3 aliphatic rings. The minimum absolute atomic E-state index is 0.0325. The first-order valence-electron chi connectivity index (χ1n) is 12.2. The maximum Gasteiger partial charge on any atom is 0.434 e. The van der Waals surface area contributed by atoms with Gasteiger partial charge in [-0.05, 0) is 49.9 Å². The van der Waals surface area contributed by atoms with Gasteiger partial charge in [0.05, 0.1) is 11.5 Å². The molecule has 0 aromatic heterocycles. The molecule has 3 aliphatic heterocycles. The van der Waals surface area contributed by atoms with Gasteiger partial charge >= 0.3 is 18.4 Å². The molecule has 0 unspecified atom stereocenters. The number of amides is 1. The van der Waals surface area contributed by atoms with Crippen molar-refractivity contribution >= 4 is 33.2 Å². The lowest BCUT2D eigenvalue weighted by atomic mass is 9.84. The summed E-state index contributed by atoms with van der Waals surface area (Å²) in [5, 5.41) is 0.510. The smallest absolute Gasteiger partial charge is 0.426 e. The molecule has 1 aromatic rings. The summed E-state index contributed by atoms with van der Waals surface area (Å²) < 4.78 is 104. The Morgan fingerprint density at radius 2 is 1.58 bits per heavy atom. The Kier molecular flexibility index (Phi) is 8.08. The number of hydrogen-bond donors (Lipinski definition) is 0. The molecule has 7 nitrogen and oxygen atoms in total. The number of carbonyl (C=O) groups excluding carboxylic acids is 1. The zero-order valence-electron chi connectivity index (χ0n) is 20.3. The lowest BCUT2D eigenvalue weighted by Gasteiger charge is -2.45. The Bertz CT molecular complexity index is 1110. The van der Waals surface area contributed by atoms with Gasteiger partial charge in [-0.25, -0.2) is 13.2 Å². The van der Waals surface area contributed by atoms with Crippen LogP contribution in [-0.2, 0) is 21.1 Å². The van der Waals surface area contributed by atoms with Gasteiger partial charge in [-0.15, -0.1) is 0 Å².